The van der Waals surface area contributed by atoms with Crippen molar-refractivity contribution in [2.75, 3.05) is 19.1 Å². The molecule has 2 amide bonds. The average molecular weight is 514 g/mol. The Morgan fingerprint density at radius 1 is 1.03 bits per heavy atom. The van der Waals surface area contributed by atoms with Crippen molar-refractivity contribution in [1.29, 1.82) is 0 Å². The van der Waals surface area contributed by atoms with E-state index in [2.05, 4.69) is 57.3 Å². The van der Waals surface area contributed by atoms with E-state index in [1.165, 1.54) is 21.1 Å². The summed E-state index contributed by atoms with van der Waals surface area (Å²) in [6.07, 6.45) is 1.20. The summed E-state index contributed by atoms with van der Waals surface area (Å²) in [5.74, 6) is 0.988. The van der Waals surface area contributed by atoms with Gasteiger partial charge in [0.15, 0.2) is 5.41 Å². The first-order valence-electron chi connectivity index (χ1n) is 11.4. The van der Waals surface area contributed by atoms with Gasteiger partial charge < -0.3 is 9.47 Å². The van der Waals surface area contributed by atoms with Crippen LogP contribution in [0.4, 0.5) is 5.69 Å². The summed E-state index contributed by atoms with van der Waals surface area (Å²) in [4.78, 5) is 52.5. The Bertz CT molecular complexity index is 1150. The highest BCUT2D eigenvalue weighted by Gasteiger charge is 2.54. The number of rotatable bonds is 5. The van der Waals surface area contributed by atoms with Crippen LogP contribution in [-0.2, 0) is 41.5 Å². The molecule has 0 saturated heterocycles. The van der Waals surface area contributed by atoms with Crippen molar-refractivity contribution >= 4 is 50.8 Å². The number of benzene rings is 1. The number of anilines is 1. The summed E-state index contributed by atoms with van der Waals surface area (Å²) in [6, 6.07) is 1.75. The minimum Gasteiger partial charge on any atom is -0.468 e. The average Bonchev–Trinajstić information content (AvgIpc) is 3.14. The van der Waals surface area contributed by atoms with Gasteiger partial charge in [0.05, 0.1) is 28.0 Å². The monoisotopic (exact) mass is 513 g/mol. The molecule has 1 aromatic rings. The van der Waals surface area contributed by atoms with Crippen LogP contribution in [0.3, 0.4) is 0 Å². The maximum Gasteiger partial charge on any atom is 0.323 e. The molecule has 0 fully saturated rings. The van der Waals surface area contributed by atoms with Crippen molar-refractivity contribution in [1.82, 2.24) is 0 Å². The van der Waals surface area contributed by atoms with E-state index in [0.29, 0.717) is 16.8 Å². The van der Waals surface area contributed by atoms with E-state index < -0.39 is 45.3 Å². The first-order chi connectivity index (χ1) is 16.0. The molecule has 0 saturated carbocycles. The maximum atomic E-state index is 12.9. The predicted molar refractivity (Wildman–Crippen MR) is 142 cm³/mol. The fourth-order valence-corrected chi connectivity index (χ4v) is 6.85. The number of carbonyl (C=O) groups excluding carboxylic acids is 4. The largest absolute Gasteiger partial charge is 0.468 e. The zero-order chi connectivity index (χ0) is 26.9. The molecule has 1 aliphatic carbocycles. The van der Waals surface area contributed by atoms with E-state index in [1.807, 2.05) is 0 Å². The predicted octanol–water partition coefficient (Wildman–Crippen LogP) is 2.96. The lowest BCUT2D eigenvalue weighted by molar-refractivity contribution is -0.168. The summed E-state index contributed by atoms with van der Waals surface area (Å²) < 4.78 is 10.0. The molecule has 9 heteroatoms. The summed E-state index contributed by atoms with van der Waals surface area (Å²) in [6.45, 7) is 17.6. The third kappa shape index (κ3) is 5.49. The highest BCUT2D eigenvalue weighted by atomic mass is 28.3. The van der Waals surface area contributed by atoms with Crippen LogP contribution in [0.2, 0.25) is 39.3 Å². The second kappa shape index (κ2) is 9.95. The van der Waals surface area contributed by atoms with Gasteiger partial charge in [-0.2, -0.15) is 0 Å². The van der Waals surface area contributed by atoms with Crippen LogP contribution in [0, 0.1) is 16.9 Å². The van der Waals surface area contributed by atoms with Crippen LogP contribution in [0.5, 0.6) is 0 Å². The van der Waals surface area contributed by atoms with Gasteiger partial charge in [-0.05, 0) is 34.9 Å². The van der Waals surface area contributed by atoms with E-state index in [1.54, 1.807) is 6.07 Å². The Labute approximate surface area is 209 Å². The maximum absolute atomic E-state index is 12.9. The number of esters is 2. The Kier molecular flexibility index (Phi) is 8.04. The molecule has 0 bridgehead atoms. The number of nitrogens with zero attached hydrogens (tertiary/aromatic N) is 1. The molecule has 0 aromatic heterocycles. The Balaban J connectivity index is 3.08. The van der Waals surface area contributed by atoms with E-state index in [9.17, 15) is 19.2 Å². The lowest BCUT2D eigenvalue weighted by Crippen LogP contribution is -2.47. The fraction of sp³-hybridized carbons (Fsp3) is 0.462. The van der Waals surface area contributed by atoms with E-state index >= 15 is 0 Å². The van der Waals surface area contributed by atoms with E-state index in [0.717, 1.165) is 21.7 Å². The SMILES string of the molecule is C=CC(=O)N(C(C)=O)c1cc2c(c(C#C[Si](C)(C)C)c1[Si](C)(C)C)CC(C(=O)OC)(C(=O)OC)C2. The lowest BCUT2D eigenvalue weighted by Gasteiger charge is -2.30. The van der Waals surface area contributed by atoms with Crippen molar-refractivity contribution in [2.24, 2.45) is 5.41 Å². The molecule has 0 spiro atoms. The lowest BCUT2D eigenvalue weighted by atomic mass is 9.84. The molecule has 0 heterocycles. The van der Waals surface area contributed by atoms with Crippen molar-refractivity contribution in [2.45, 2.75) is 59.0 Å². The molecule has 2 rings (SSSR count). The van der Waals surface area contributed by atoms with Crippen molar-refractivity contribution in [3.05, 3.63) is 35.4 Å². The van der Waals surface area contributed by atoms with E-state index in [-0.39, 0.29) is 12.8 Å². The normalized spacial score (nSPS) is 14.2. The summed E-state index contributed by atoms with van der Waals surface area (Å²) >= 11 is 0. The van der Waals surface area contributed by atoms with Crippen LogP contribution >= 0.6 is 0 Å². The first-order valence-corrected chi connectivity index (χ1v) is 18.4. The third-order valence-corrected chi connectivity index (χ3v) is 8.77. The van der Waals surface area contributed by atoms with Crippen molar-refractivity contribution in [3.8, 4) is 11.5 Å². The van der Waals surface area contributed by atoms with Gasteiger partial charge in [-0.15, -0.1) is 5.54 Å². The van der Waals surface area contributed by atoms with Gasteiger partial charge in [0, 0.05) is 18.9 Å². The van der Waals surface area contributed by atoms with Gasteiger partial charge in [0.2, 0.25) is 5.91 Å². The minimum atomic E-state index is -2.25. The van der Waals surface area contributed by atoms with Gasteiger partial charge in [0.1, 0.15) is 8.07 Å². The number of methoxy groups -OCH3 is 2. The van der Waals surface area contributed by atoms with E-state index in [4.69, 9.17) is 9.47 Å². The van der Waals surface area contributed by atoms with Crippen molar-refractivity contribution < 1.29 is 28.7 Å². The van der Waals surface area contributed by atoms with Gasteiger partial charge >= 0.3 is 11.9 Å². The standard InChI is InChI=1S/C26H35NO6Si2/c1-11-22(29)27(17(2)28)21-14-18-15-26(24(30)32-3,25(31)33-4)16-20(18)19(12-13-34(5,6)7)23(21)35(8,9)10/h11,14H,1,15-16H2,2-10H3. The molecular formula is C26H35NO6Si2. The highest BCUT2D eigenvalue weighted by Crippen LogP contribution is 2.42. The smallest absolute Gasteiger partial charge is 0.323 e. The highest BCUT2D eigenvalue weighted by molar-refractivity contribution is 6.90. The van der Waals surface area contributed by atoms with Crippen LogP contribution in [-0.4, -0.2) is 54.1 Å². The van der Waals surface area contributed by atoms with Crippen LogP contribution in [0.25, 0.3) is 0 Å². The number of carbonyl (C=O) groups is 4. The molecule has 7 nitrogen and oxygen atoms in total. The molecule has 0 N–H and O–H groups in total. The first kappa shape index (κ1) is 28.3. The van der Waals surface area contributed by atoms with Crippen LogP contribution in [0.1, 0.15) is 23.6 Å². The van der Waals surface area contributed by atoms with Crippen molar-refractivity contribution in [3.63, 3.8) is 0 Å². The second-order valence-electron chi connectivity index (χ2n) is 10.8. The second-order valence-corrected chi connectivity index (χ2v) is 20.6. The molecule has 35 heavy (non-hydrogen) atoms. The zero-order valence-corrected chi connectivity index (χ0v) is 24.2. The molecule has 0 unspecified atom stereocenters. The summed E-state index contributed by atoms with van der Waals surface area (Å²) in [7, 11) is -1.61. The van der Waals surface area contributed by atoms with Gasteiger partial charge in [-0.25, -0.2) is 4.90 Å². The third-order valence-electron chi connectivity index (χ3n) is 5.89. The Morgan fingerprint density at radius 2 is 1.57 bits per heavy atom. The molecular weight excluding hydrogens is 478 g/mol. The van der Waals surface area contributed by atoms with Gasteiger partial charge in [-0.3, -0.25) is 19.2 Å². The van der Waals surface area contributed by atoms with Crippen LogP contribution in [0.15, 0.2) is 18.7 Å². The number of hydrogen-bond acceptors (Lipinski definition) is 6. The number of amides is 2. The number of hydrogen-bond donors (Lipinski definition) is 0. The topological polar surface area (TPSA) is 90.0 Å². The van der Waals surface area contributed by atoms with Crippen LogP contribution < -0.4 is 10.1 Å². The summed E-state index contributed by atoms with van der Waals surface area (Å²) in [5, 5.41) is 0.831. The number of imide groups is 1. The van der Waals surface area contributed by atoms with Gasteiger partial charge in [0.25, 0.3) is 5.91 Å². The molecule has 1 aliphatic rings. The molecule has 0 atom stereocenters. The Morgan fingerprint density at radius 3 is 1.97 bits per heavy atom. The molecule has 0 aliphatic heterocycles. The zero-order valence-electron chi connectivity index (χ0n) is 22.2. The number of fused-ring (bicyclic) bond motifs is 1. The molecule has 188 valence electrons. The Hall–Kier alpha value is -2.97. The number of ether oxygens (including phenoxy) is 2. The molecule has 1 aromatic carbocycles. The molecule has 0 radical (unpaired) electrons. The summed E-state index contributed by atoms with van der Waals surface area (Å²) in [5.41, 5.74) is 4.41. The minimum absolute atomic E-state index is 0.0241. The van der Waals surface area contributed by atoms with Gasteiger partial charge in [-0.1, -0.05) is 51.8 Å². The fourth-order valence-electron chi connectivity index (χ4n) is 4.43. The quantitative estimate of drug-likeness (QED) is 0.198.